The smallest absolute Gasteiger partial charge is 0.369 e. The van der Waals surface area contributed by atoms with Crippen molar-refractivity contribution in [3.05, 3.63) is 35.5 Å². The zero-order chi connectivity index (χ0) is 25.3. The summed E-state index contributed by atoms with van der Waals surface area (Å²) in [6, 6.07) is 5.20. The first-order valence-corrected chi connectivity index (χ1v) is 12.5. The Morgan fingerprint density at radius 2 is 2.00 bits per heavy atom. The summed E-state index contributed by atoms with van der Waals surface area (Å²) in [6.07, 6.45) is 2.73. The summed E-state index contributed by atoms with van der Waals surface area (Å²) in [6.45, 7) is 0.975. The number of fused-ring (bicyclic) bond motifs is 1. The second-order valence-corrected chi connectivity index (χ2v) is 9.70. The van der Waals surface area contributed by atoms with Gasteiger partial charge in [0.2, 0.25) is 17.8 Å². The average Bonchev–Trinajstić information content (AvgIpc) is 3.17. The first kappa shape index (κ1) is 24.3. The van der Waals surface area contributed by atoms with Gasteiger partial charge in [-0.3, -0.25) is 9.59 Å². The van der Waals surface area contributed by atoms with Gasteiger partial charge in [0.15, 0.2) is 0 Å². The number of carbonyl (C=O) groups is 2. The molecule has 192 valence electrons. The molecule has 5 rings (SSSR count). The van der Waals surface area contributed by atoms with Crippen molar-refractivity contribution in [3.63, 3.8) is 0 Å². The molecule has 1 saturated carbocycles. The van der Waals surface area contributed by atoms with Gasteiger partial charge in [0.05, 0.1) is 6.42 Å². The standard InChI is InChI=1S/C25H29F3N6O2/c26-25(27,28)19-14-30-24(31-17-7-8-20-16(12-17)13-21(35)32-20)33-22(19)29-10-9-18-6-1-2-11-34(18)23(36)15-4-3-5-15/h7-8,12,14-15,18H,1-6,9-11,13H2,(H,32,35)(H2,29,30,31,33). The molecule has 36 heavy (non-hydrogen) atoms. The Kier molecular flexibility index (Phi) is 6.72. The summed E-state index contributed by atoms with van der Waals surface area (Å²) in [7, 11) is 0. The number of carbonyl (C=O) groups excluding carboxylic acids is 2. The van der Waals surface area contributed by atoms with E-state index in [1.54, 1.807) is 18.2 Å². The SMILES string of the molecule is O=C1Cc2cc(Nc3ncc(C(F)(F)F)c(NCCC4CCCCN4C(=O)C4CCC4)n3)ccc2N1. The predicted molar refractivity (Wildman–Crippen MR) is 129 cm³/mol. The van der Waals surface area contributed by atoms with Gasteiger partial charge < -0.3 is 20.9 Å². The molecule has 0 radical (unpaired) electrons. The molecule has 8 nitrogen and oxygen atoms in total. The Bertz CT molecular complexity index is 1150. The van der Waals surface area contributed by atoms with Crippen LogP contribution >= 0.6 is 0 Å². The van der Waals surface area contributed by atoms with Crippen LogP contribution in [0.15, 0.2) is 24.4 Å². The molecule has 0 spiro atoms. The Balaban J connectivity index is 1.27. The third-order valence-corrected chi connectivity index (χ3v) is 7.22. The lowest BCUT2D eigenvalue weighted by molar-refractivity contribution is -0.142. The summed E-state index contributed by atoms with van der Waals surface area (Å²) >= 11 is 0. The molecule has 3 aliphatic rings. The van der Waals surface area contributed by atoms with Crippen LogP contribution in [0.4, 0.5) is 36.3 Å². The fourth-order valence-electron chi connectivity index (χ4n) is 5.06. The molecule has 3 heterocycles. The molecule has 1 aromatic heterocycles. The topological polar surface area (TPSA) is 99.3 Å². The van der Waals surface area contributed by atoms with Crippen molar-refractivity contribution in [2.75, 3.05) is 29.0 Å². The number of aromatic nitrogens is 2. The maximum Gasteiger partial charge on any atom is 0.421 e. The summed E-state index contributed by atoms with van der Waals surface area (Å²) in [5, 5.41) is 8.52. The predicted octanol–water partition coefficient (Wildman–Crippen LogP) is 4.72. The first-order chi connectivity index (χ1) is 17.3. The molecule has 2 amide bonds. The van der Waals surface area contributed by atoms with Crippen LogP contribution in [0, 0.1) is 5.92 Å². The number of halogens is 3. The number of likely N-dealkylation sites (tertiary alicyclic amines) is 1. The number of piperidine rings is 1. The lowest BCUT2D eigenvalue weighted by Crippen LogP contribution is -2.48. The Morgan fingerprint density at radius 1 is 1.17 bits per heavy atom. The largest absolute Gasteiger partial charge is 0.421 e. The van der Waals surface area contributed by atoms with E-state index in [0.29, 0.717) is 17.8 Å². The Morgan fingerprint density at radius 3 is 2.75 bits per heavy atom. The molecule has 2 aliphatic heterocycles. The van der Waals surface area contributed by atoms with Crippen molar-refractivity contribution in [3.8, 4) is 0 Å². The van der Waals surface area contributed by atoms with Crippen molar-refractivity contribution in [2.24, 2.45) is 5.92 Å². The molecule has 1 atom stereocenters. The van der Waals surface area contributed by atoms with E-state index < -0.39 is 11.7 Å². The van der Waals surface area contributed by atoms with Gasteiger partial charge in [-0.2, -0.15) is 18.2 Å². The highest BCUT2D eigenvalue weighted by Gasteiger charge is 2.36. The maximum atomic E-state index is 13.6. The lowest BCUT2D eigenvalue weighted by atomic mass is 9.83. The quantitative estimate of drug-likeness (QED) is 0.507. The normalized spacial score (nSPS) is 19.9. The fourth-order valence-corrected chi connectivity index (χ4v) is 5.06. The van der Waals surface area contributed by atoms with Crippen molar-refractivity contribution < 1.29 is 22.8 Å². The number of benzene rings is 1. The number of nitrogens with one attached hydrogen (secondary N) is 3. The van der Waals surface area contributed by atoms with E-state index >= 15 is 0 Å². The number of nitrogens with zero attached hydrogens (tertiary/aromatic N) is 3. The highest BCUT2D eigenvalue weighted by atomic mass is 19.4. The highest BCUT2D eigenvalue weighted by Crippen LogP contribution is 2.35. The summed E-state index contributed by atoms with van der Waals surface area (Å²) in [4.78, 5) is 34.3. The van der Waals surface area contributed by atoms with Gasteiger partial charge in [0, 0.05) is 42.6 Å². The van der Waals surface area contributed by atoms with E-state index in [1.807, 2.05) is 4.90 Å². The molecule has 2 aromatic rings. The van der Waals surface area contributed by atoms with E-state index in [0.717, 1.165) is 56.8 Å². The van der Waals surface area contributed by atoms with E-state index in [2.05, 4.69) is 25.9 Å². The van der Waals surface area contributed by atoms with E-state index in [4.69, 9.17) is 0 Å². The van der Waals surface area contributed by atoms with E-state index in [9.17, 15) is 22.8 Å². The third kappa shape index (κ3) is 5.24. The van der Waals surface area contributed by atoms with Gasteiger partial charge in [-0.1, -0.05) is 6.42 Å². The van der Waals surface area contributed by atoms with Crippen LogP contribution < -0.4 is 16.0 Å². The van der Waals surface area contributed by atoms with Gasteiger partial charge in [0.1, 0.15) is 11.4 Å². The minimum atomic E-state index is -4.61. The minimum Gasteiger partial charge on any atom is -0.369 e. The molecule has 1 unspecified atom stereocenters. The molecule has 1 aromatic carbocycles. The monoisotopic (exact) mass is 502 g/mol. The number of hydrogen-bond acceptors (Lipinski definition) is 6. The van der Waals surface area contributed by atoms with Crippen LogP contribution in [0.1, 0.15) is 56.1 Å². The van der Waals surface area contributed by atoms with Gasteiger partial charge in [0.25, 0.3) is 0 Å². The van der Waals surface area contributed by atoms with Gasteiger partial charge in [-0.05, 0) is 62.3 Å². The number of anilines is 4. The first-order valence-electron chi connectivity index (χ1n) is 12.5. The maximum absolute atomic E-state index is 13.6. The van der Waals surface area contributed by atoms with E-state index in [1.165, 1.54) is 0 Å². The van der Waals surface area contributed by atoms with Crippen molar-refractivity contribution in [1.82, 2.24) is 14.9 Å². The fraction of sp³-hybridized carbons (Fsp3) is 0.520. The second-order valence-electron chi connectivity index (χ2n) is 9.70. The van der Waals surface area contributed by atoms with Crippen LogP contribution in [-0.4, -0.2) is 45.8 Å². The summed E-state index contributed by atoms with van der Waals surface area (Å²) in [5.74, 6) is -0.0843. The van der Waals surface area contributed by atoms with Crippen molar-refractivity contribution in [1.29, 1.82) is 0 Å². The molecule has 11 heteroatoms. The zero-order valence-electron chi connectivity index (χ0n) is 19.8. The van der Waals surface area contributed by atoms with Crippen LogP contribution in [0.5, 0.6) is 0 Å². The Hall–Kier alpha value is -3.37. The molecule has 1 aliphatic carbocycles. The molecular formula is C25H29F3N6O2. The van der Waals surface area contributed by atoms with Crippen LogP contribution in [0.2, 0.25) is 0 Å². The van der Waals surface area contributed by atoms with Gasteiger partial charge >= 0.3 is 6.18 Å². The number of hydrogen-bond donors (Lipinski definition) is 3. The molecule has 0 bridgehead atoms. The van der Waals surface area contributed by atoms with E-state index in [-0.39, 0.29) is 48.5 Å². The number of alkyl halides is 3. The zero-order valence-corrected chi connectivity index (χ0v) is 19.8. The molecule has 1 saturated heterocycles. The molecule has 3 N–H and O–H groups in total. The van der Waals surface area contributed by atoms with Crippen LogP contribution in [0.25, 0.3) is 0 Å². The van der Waals surface area contributed by atoms with Crippen molar-refractivity contribution >= 4 is 35.0 Å². The molecular weight excluding hydrogens is 473 g/mol. The lowest BCUT2D eigenvalue weighted by Gasteiger charge is -2.40. The Labute approximate surface area is 207 Å². The number of rotatable bonds is 7. The molecule has 2 fully saturated rings. The van der Waals surface area contributed by atoms with Crippen LogP contribution in [0.3, 0.4) is 0 Å². The second kappa shape index (κ2) is 9.94. The van der Waals surface area contributed by atoms with Crippen LogP contribution in [-0.2, 0) is 22.2 Å². The summed E-state index contributed by atoms with van der Waals surface area (Å²) < 4.78 is 40.9. The highest BCUT2D eigenvalue weighted by molar-refractivity contribution is 5.99. The van der Waals surface area contributed by atoms with Crippen molar-refractivity contribution in [2.45, 2.75) is 63.6 Å². The van der Waals surface area contributed by atoms with Gasteiger partial charge in [-0.25, -0.2) is 4.98 Å². The third-order valence-electron chi connectivity index (χ3n) is 7.22. The van der Waals surface area contributed by atoms with Gasteiger partial charge in [-0.15, -0.1) is 0 Å². The summed E-state index contributed by atoms with van der Waals surface area (Å²) in [5.41, 5.74) is 1.14. The number of amides is 2. The minimum absolute atomic E-state index is 0.0159. The average molecular weight is 503 g/mol.